The topological polar surface area (TPSA) is 71.5 Å². The van der Waals surface area contributed by atoms with Gasteiger partial charge in [0.15, 0.2) is 0 Å². The van der Waals surface area contributed by atoms with Crippen LogP contribution < -0.4 is 5.32 Å². The number of amides is 1. The first-order valence-electron chi connectivity index (χ1n) is 3.88. The number of aromatic nitrogens is 1. The Morgan fingerprint density at radius 2 is 2.43 bits per heavy atom. The second-order valence-electron chi connectivity index (χ2n) is 2.35. The van der Waals surface area contributed by atoms with E-state index in [4.69, 9.17) is 5.11 Å². The Kier molecular flexibility index (Phi) is 3.81. The smallest absolute Gasteiger partial charge is 0.411 e. The number of hydrogen-bond donors (Lipinski definition) is 2. The molecule has 2 N–H and O–H groups in total. The third-order valence-corrected chi connectivity index (χ3v) is 1.30. The number of halogens is 1. The Hall–Kier alpha value is -1.69. The van der Waals surface area contributed by atoms with Crippen LogP contribution in [-0.4, -0.2) is 29.4 Å². The van der Waals surface area contributed by atoms with Crippen molar-refractivity contribution in [2.45, 2.75) is 0 Å². The third-order valence-electron chi connectivity index (χ3n) is 1.30. The van der Waals surface area contributed by atoms with E-state index in [1.807, 2.05) is 0 Å². The number of rotatable bonds is 3. The molecule has 1 aromatic rings. The van der Waals surface area contributed by atoms with Gasteiger partial charge in [0.1, 0.15) is 6.61 Å². The highest BCUT2D eigenvalue weighted by atomic mass is 19.1. The van der Waals surface area contributed by atoms with E-state index >= 15 is 0 Å². The maximum atomic E-state index is 12.3. The van der Waals surface area contributed by atoms with Gasteiger partial charge in [0, 0.05) is 0 Å². The lowest BCUT2D eigenvalue weighted by molar-refractivity contribution is 0.131. The Balaban J connectivity index is 2.44. The van der Waals surface area contributed by atoms with E-state index in [0.717, 1.165) is 12.3 Å². The molecule has 0 saturated heterocycles. The Morgan fingerprint density at radius 1 is 1.64 bits per heavy atom. The molecule has 1 aromatic heterocycles. The minimum absolute atomic E-state index is 0.0829. The summed E-state index contributed by atoms with van der Waals surface area (Å²) in [5.74, 6) is -0.626. The largest absolute Gasteiger partial charge is 0.447 e. The Morgan fingerprint density at radius 3 is 3.00 bits per heavy atom. The van der Waals surface area contributed by atoms with Gasteiger partial charge in [-0.05, 0) is 12.1 Å². The summed E-state index contributed by atoms with van der Waals surface area (Å²) in [7, 11) is 0. The summed E-state index contributed by atoms with van der Waals surface area (Å²) in [4.78, 5) is 14.2. The summed E-state index contributed by atoms with van der Waals surface area (Å²) >= 11 is 0. The number of nitrogens with zero attached hydrogens (tertiary/aromatic N) is 1. The molecule has 0 saturated carbocycles. The van der Waals surface area contributed by atoms with Crippen LogP contribution in [0.3, 0.4) is 0 Å². The normalized spacial score (nSPS) is 9.57. The van der Waals surface area contributed by atoms with Crippen LogP contribution >= 0.6 is 0 Å². The highest BCUT2D eigenvalue weighted by molar-refractivity contribution is 5.84. The number of aliphatic hydroxyl groups is 1. The van der Waals surface area contributed by atoms with Gasteiger partial charge in [-0.3, -0.25) is 5.32 Å². The zero-order chi connectivity index (χ0) is 10.4. The maximum Gasteiger partial charge on any atom is 0.411 e. The van der Waals surface area contributed by atoms with Crippen molar-refractivity contribution in [3.63, 3.8) is 0 Å². The van der Waals surface area contributed by atoms with Crippen LogP contribution in [0.1, 0.15) is 0 Å². The van der Waals surface area contributed by atoms with Crippen LogP contribution in [0.25, 0.3) is 0 Å². The van der Waals surface area contributed by atoms with Crippen LogP contribution in [0.15, 0.2) is 18.3 Å². The van der Waals surface area contributed by atoms with Crippen molar-refractivity contribution in [2.24, 2.45) is 0 Å². The molecule has 0 fully saturated rings. The molecule has 0 radical (unpaired) electrons. The van der Waals surface area contributed by atoms with Gasteiger partial charge in [0.2, 0.25) is 5.95 Å². The summed E-state index contributed by atoms with van der Waals surface area (Å²) in [6.45, 7) is -0.324. The molecule has 0 aliphatic heterocycles. The van der Waals surface area contributed by atoms with Crippen molar-refractivity contribution in [2.75, 3.05) is 18.5 Å². The monoisotopic (exact) mass is 200 g/mol. The Labute approximate surface area is 79.5 Å². The van der Waals surface area contributed by atoms with Crippen LogP contribution in [0, 0.1) is 5.95 Å². The van der Waals surface area contributed by atoms with Gasteiger partial charge in [-0.2, -0.15) is 4.39 Å². The lowest BCUT2D eigenvalue weighted by atomic mass is 10.4. The summed E-state index contributed by atoms with van der Waals surface area (Å²) in [5.41, 5.74) is 0.328. The molecule has 0 aliphatic carbocycles. The summed E-state index contributed by atoms with van der Waals surface area (Å²) in [5, 5.41) is 10.7. The van der Waals surface area contributed by atoms with E-state index in [1.165, 1.54) is 6.07 Å². The molecule has 1 rings (SSSR count). The van der Waals surface area contributed by atoms with Gasteiger partial charge in [0.05, 0.1) is 18.5 Å². The quantitative estimate of drug-likeness (QED) is 0.706. The van der Waals surface area contributed by atoms with Gasteiger partial charge < -0.3 is 9.84 Å². The second kappa shape index (κ2) is 5.13. The van der Waals surface area contributed by atoms with E-state index in [-0.39, 0.29) is 13.2 Å². The predicted molar refractivity (Wildman–Crippen MR) is 46.3 cm³/mol. The van der Waals surface area contributed by atoms with Gasteiger partial charge >= 0.3 is 6.09 Å². The van der Waals surface area contributed by atoms with Crippen LogP contribution in [0.4, 0.5) is 14.9 Å². The fourth-order valence-electron chi connectivity index (χ4n) is 0.742. The highest BCUT2D eigenvalue weighted by Crippen LogP contribution is 2.05. The van der Waals surface area contributed by atoms with Crippen LogP contribution in [-0.2, 0) is 4.74 Å². The molecular formula is C8H9FN2O3. The van der Waals surface area contributed by atoms with Crippen molar-refractivity contribution in [1.82, 2.24) is 4.98 Å². The highest BCUT2D eigenvalue weighted by Gasteiger charge is 2.02. The predicted octanol–water partition coefficient (Wildman–Crippen LogP) is 0.761. The molecule has 0 aromatic carbocycles. The minimum Gasteiger partial charge on any atom is -0.447 e. The fourth-order valence-corrected chi connectivity index (χ4v) is 0.742. The molecule has 5 nitrogen and oxygen atoms in total. The van der Waals surface area contributed by atoms with Gasteiger partial charge in [-0.25, -0.2) is 9.78 Å². The minimum atomic E-state index is -0.715. The van der Waals surface area contributed by atoms with Gasteiger partial charge in [0.25, 0.3) is 0 Å². The van der Waals surface area contributed by atoms with E-state index in [1.54, 1.807) is 0 Å². The van der Waals surface area contributed by atoms with E-state index in [9.17, 15) is 9.18 Å². The number of hydrogen-bond acceptors (Lipinski definition) is 4. The molecule has 76 valence electrons. The summed E-state index contributed by atoms with van der Waals surface area (Å²) < 4.78 is 16.8. The zero-order valence-corrected chi connectivity index (χ0v) is 7.24. The van der Waals surface area contributed by atoms with Crippen LogP contribution in [0.5, 0.6) is 0 Å². The second-order valence-corrected chi connectivity index (χ2v) is 2.35. The van der Waals surface area contributed by atoms with Crippen molar-refractivity contribution < 1.29 is 19.0 Å². The van der Waals surface area contributed by atoms with E-state index in [2.05, 4.69) is 15.0 Å². The number of pyridine rings is 1. The molecular weight excluding hydrogens is 191 g/mol. The van der Waals surface area contributed by atoms with Crippen molar-refractivity contribution in [3.8, 4) is 0 Å². The molecule has 0 aliphatic rings. The number of carbonyl (C=O) groups is 1. The lowest BCUT2D eigenvalue weighted by Crippen LogP contribution is -2.15. The number of aliphatic hydroxyl groups excluding tert-OH is 1. The van der Waals surface area contributed by atoms with Gasteiger partial charge in [-0.15, -0.1) is 0 Å². The van der Waals surface area contributed by atoms with Crippen molar-refractivity contribution in [1.29, 1.82) is 0 Å². The molecule has 0 atom stereocenters. The molecule has 0 spiro atoms. The first-order valence-corrected chi connectivity index (χ1v) is 3.88. The standard InChI is InChI=1S/C8H9FN2O3/c9-7-2-1-6(5-10-7)11-8(13)14-4-3-12/h1-2,5,12H,3-4H2,(H,11,13). The molecule has 0 unspecified atom stereocenters. The molecule has 1 heterocycles. The Bertz CT molecular complexity index is 302. The first-order chi connectivity index (χ1) is 6.72. The first kappa shape index (κ1) is 10.4. The maximum absolute atomic E-state index is 12.3. The number of nitrogens with one attached hydrogen (secondary N) is 1. The fraction of sp³-hybridized carbons (Fsp3) is 0.250. The van der Waals surface area contributed by atoms with Crippen molar-refractivity contribution in [3.05, 3.63) is 24.3 Å². The van der Waals surface area contributed by atoms with E-state index in [0.29, 0.717) is 5.69 Å². The molecule has 0 bridgehead atoms. The van der Waals surface area contributed by atoms with Crippen molar-refractivity contribution >= 4 is 11.8 Å². The average molecular weight is 200 g/mol. The van der Waals surface area contributed by atoms with Gasteiger partial charge in [-0.1, -0.05) is 0 Å². The number of ether oxygens (including phenoxy) is 1. The molecule has 6 heteroatoms. The average Bonchev–Trinajstić information content (AvgIpc) is 2.18. The van der Waals surface area contributed by atoms with Crippen LogP contribution in [0.2, 0.25) is 0 Å². The lowest BCUT2D eigenvalue weighted by Gasteiger charge is -2.04. The number of anilines is 1. The zero-order valence-electron chi connectivity index (χ0n) is 7.24. The summed E-state index contributed by atoms with van der Waals surface area (Å²) in [6, 6.07) is 2.46. The molecule has 1 amide bonds. The molecule has 14 heavy (non-hydrogen) atoms. The number of carbonyl (C=O) groups excluding carboxylic acids is 1. The third kappa shape index (κ3) is 3.36. The summed E-state index contributed by atoms with van der Waals surface area (Å²) in [6.07, 6.45) is 0.447. The van der Waals surface area contributed by atoms with E-state index < -0.39 is 12.0 Å². The SMILES string of the molecule is O=C(Nc1ccc(F)nc1)OCCO.